The van der Waals surface area contributed by atoms with Gasteiger partial charge in [0.15, 0.2) is 5.78 Å². The zero-order valence-corrected chi connectivity index (χ0v) is 9.68. The molecule has 66 valence electrons. The Morgan fingerprint density at radius 2 is 2.23 bits per heavy atom. The van der Waals surface area contributed by atoms with Crippen molar-refractivity contribution in [3.63, 3.8) is 0 Å². The number of rotatable bonds is 1. The van der Waals surface area contributed by atoms with Gasteiger partial charge in [-0.15, -0.1) is 0 Å². The summed E-state index contributed by atoms with van der Waals surface area (Å²) in [6, 6.07) is 5.12. The van der Waals surface area contributed by atoms with E-state index in [1.54, 1.807) is 6.07 Å². The van der Waals surface area contributed by atoms with Crippen LogP contribution in [0, 0.1) is 14.9 Å². The number of halogens is 2. The lowest BCUT2D eigenvalue weighted by Crippen LogP contribution is -1.98. The highest BCUT2D eigenvalue weighted by atomic mass is 127. The quantitative estimate of drug-likeness (QED) is 0.591. The number of benzene rings is 1. The van der Waals surface area contributed by atoms with Gasteiger partial charge in [0.25, 0.3) is 0 Å². The Hall–Kier alpha value is -0.600. The highest BCUT2D eigenvalue weighted by Crippen LogP contribution is 2.24. The fraction of sp³-hybridized carbons (Fsp3) is 0.111. The Morgan fingerprint density at radius 3 is 2.62 bits per heavy atom. The molecule has 0 unspecified atom stereocenters. The fourth-order valence-corrected chi connectivity index (χ4v) is 2.49. The van der Waals surface area contributed by atoms with Crippen LogP contribution in [0.3, 0.4) is 0 Å². The topological polar surface area (TPSA) is 40.9 Å². The van der Waals surface area contributed by atoms with Gasteiger partial charge in [-0.3, -0.25) is 4.79 Å². The van der Waals surface area contributed by atoms with Crippen molar-refractivity contribution in [3.8, 4) is 6.07 Å². The summed E-state index contributed by atoms with van der Waals surface area (Å²) in [7, 11) is 0. The second kappa shape index (κ2) is 4.07. The summed E-state index contributed by atoms with van der Waals surface area (Å²) in [5, 5.41) is 8.96. The van der Waals surface area contributed by atoms with Crippen LogP contribution < -0.4 is 0 Å². The molecular formula is C9H5ClINO. The van der Waals surface area contributed by atoms with E-state index in [0.29, 0.717) is 19.7 Å². The lowest BCUT2D eigenvalue weighted by Gasteiger charge is -2.03. The molecule has 0 bridgehead atoms. The van der Waals surface area contributed by atoms with Crippen LogP contribution in [-0.2, 0) is 0 Å². The standard InChI is InChI=1S/C9H5ClINO/c1-5(13)9-7(10)2-6(4-12)3-8(9)11/h2-3H,1H3. The molecule has 0 saturated heterocycles. The first-order chi connectivity index (χ1) is 6.06. The maximum Gasteiger partial charge on any atom is 0.162 e. The maximum absolute atomic E-state index is 11.1. The van der Waals surface area contributed by atoms with E-state index in [1.165, 1.54) is 13.0 Å². The van der Waals surface area contributed by atoms with Crippen molar-refractivity contribution in [1.29, 1.82) is 5.26 Å². The molecule has 0 amide bonds. The second-order valence-electron chi connectivity index (χ2n) is 2.48. The Labute approximate surface area is 94.6 Å². The van der Waals surface area contributed by atoms with Gasteiger partial charge in [-0.05, 0) is 41.6 Å². The van der Waals surface area contributed by atoms with Crippen LogP contribution in [0.15, 0.2) is 12.1 Å². The van der Waals surface area contributed by atoms with Gasteiger partial charge < -0.3 is 0 Å². The van der Waals surface area contributed by atoms with Crippen molar-refractivity contribution in [1.82, 2.24) is 0 Å². The molecule has 2 nitrogen and oxygen atoms in total. The van der Waals surface area contributed by atoms with E-state index in [0.717, 1.165) is 0 Å². The molecule has 0 spiro atoms. The van der Waals surface area contributed by atoms with Crippen molar-refractivity contribution < 1.29 is 4.79 Å². The van der Waals surface area contributed by atoms with Crippen molar-refractivity contribution in [3.05, 3.63) is 31.9 Å². The van der Waals surface area contributed by atoms with Gasteiger partial charge in [0.2, 0.25) is 0 Å². The number of hydrogen-bond acceptors (Lipinski definition) is 2. The molecule has 13 heavy (non-hydrogen) atoms. The predicted molar refractivity (Wildman–Crippen MR) is 58.9 cm³/mol. The van der Waals surface area contributed by atoms with Gasteiger partial charge in [0.05, 0.1) is 16.7 Å². The van der Waals surface area contributed by atoms with Crippen molar-refractivity contribution >= 4 is 40.0 Å². The minimum absolute atomic E-state index is 0.0844. The van der Waals surface area contributed by atoms with Gasteiger partial charge in [0.1, 0.15) is 0 Å². The summed E-state index contributed by atoms with van der Waals surface area (Å²) in [5.74, 6) is -0.0844. The zero-order chi connectivity index (χ0) is 10.0. The highest BCUT2D eigenvalue weighted by molar-refractivity contribution is 14.1. The summed E-state index contributed by atoms with van der Waals surface area (Å²) in [6.07, 6.45) is 0. The SMILES string of the molecule is CC(=O)c1c(Cl)cc(C#N)cc1I. The van der Waals surface area contributed by atoms with Crippen LogP contribution in [0.1, 0.15) is 22.8 Å². The highest BCUT2D eigenvalue weighted by Gasteiger charge is 2.11. The van der Waals surface area contributed by atoms with E-state index in [9.17, 15) is 4.79 Å². The first-order valence-electron chi connectivity index (χ1n) is 3.46. The number of carbonyl (C=O) groups is 1. The Bertz CT molecular complexity index is 386. The average molecular weight is 306 g/mol. The number of carbonyl (C=O) groups excluding carboxylic acids is 1. The number of Topliss-reactive ketones (excluding diaryl/α,β-unsaturated/α-hetero) is 1. The lowest BCUT2D eigenvalue weighted by atomic mass is 10.1. The van der Waals surface area contributed by atoms with Crippen LogP contribution in [-0.4, -0.2) is 5.78 Å². The first-order valence-corrected chi connectivity index (χ1v) is 4.92. The molecule has 0 saturated carbocycles. The van der Waals surface area contributed by atoms with Gasteiger partial charge in [-0.2, -0.15) is 5.26 Å². The molecule has 4 heteroatoms. The van der Waals surface area contributed by atoms with E-state index in [-0.39, 0.29) is 5.78 Å². The smallest absolute Gasteiger partial charge is 0.162 e. The van der Waals surface area contributed by atoms with E-state index in [1.807, 2.05) is 28.7 Å². The molecular weight excluding hydrogens is 300 g/mol. The predicted octanol–water partition coefficient (Wildman–Crippen LogP) is 3.02. The number of hydrogen-bond donors (Lipinski definition) is 0. The molecule has 0 heterocycles. The van der Waals surface area contributed by atoms with E-state index in [2.05, 4.69) is 0 Å². The third-order valence-electron chi connectivity index (χ3n) is 1.52. The molecule has 0 aliphatic carbocycles. The summed E-state index contributed by atoms with van der Waals surface area (Å²) in [4.78, 5) is 11.1. The maximum atomic E-state index is 11.1. The number of nitriles is 1. The normalized spacial score (nSPS) is 9.38. The minimum Gasteiger partial charge on any atom is -0.294 e. The lowest BCUT2D eigenvalue weighted by molar-refractivity contribution is 0.101. The van der Waals surface area contributed by atoms with Gasteiger partial charge in [-0.1, -0.05) is 11.6 Å². The first kappa shape index (κ1) is 10.5. The van der Waals surface area contributed by atoms with E-state index in [4.69, 9.17) is 16.9 Å². The molecule has 0 aliphatic heterocycles. The van der Waals surface area contributed by atoms with Crippen LogP contribution >= 0.6 is 34.2 Å². The molecule has 0 aromatic heterocycles. The molecule has 0 radical (unpaired) electrons. The summed E-state index contributed by atoms with van der Waals surface area (Å²) >= 11 is 7.83. The number of ketones is 1. The van der Waals surface area contributed by atoms with Crippen molar-refractivity contribution in [2.24, 2.45) is 0 Å². The van der Waals surface area contributed by atoms with Crippen molar-refractivity contribution in [2.75, 3.05) is 0 Å². The summed E-state index contributed by atoms with van der Waals surface area (Å²) in [5.41, 5.74) is 0.959. The van der Waals surface area contributed by atoms with Crippen LogP contribution in [0.5, 0.6) is 0 Å². The van der Waals surface area contributed by atoms with Gasteiger partial charge in [0, 0.05) is 9.13 Å². The molecule has 0 atom stereocenters. The largest absolute Gasteiger partial charge is 0.294 e. The summed E-state index contributed by atoms with van der Waals surface area (Å²) in [6.45, 7) is 1.45. The third-order valence-corrected chi connectivity index (χ3v) is 2.67. The van der Waals surface area contributed by atoms with Crippen molar-refractivity contribution in [2.45, 2.75) is 6.92 Å². The Balaban J connectivity index is 3.42. The van der Waals surface area contributed by atoms with E-state index >= 15 is 0 Å². The zero-order valence-electron chi connectivity index (χ0n) is 6.77. The monoisotopic (exact) mass is 305 g/mol. The number of nitrogens with zero attached hydrogens (tertiary/aromatic N) is 1. The van der Waals surface area contributed by atoms with E-state index < -0.39 is 0 Å². The Morgan fingerprint density at radius 1 is 1.62 bits per heavy atom. The van der Waals surface area contributed by atoms with Gasteiger partial charge >= 0.3 is 0 Å². The van der Waals surface area contributed by atoms with Crippen LogP contribution in [0.25, 0.3) is 0 Å². The molecule has 0 N–H and O–H groups in total. The van der Waals surface area contributed by atoms with Gasteiger partial charge in [-0.25, -0.2) is 0 Å². The average Bonchev–Trinajstić information content (AvgIpc) is 2.02. The minimum atomic E-state index is -0.0844. The van der Waals surface area contributed by atoms with Crippen LogP contribution in [0.2, 0.25) is 5.02 Å². The molecule has 1 aromatic carbocycles. The van der Waals surface area contributed by atoms with Crippen LogP contribution in [0.4, 0.5) is 0 Å². The molecule has 1 rings (SSSR count). The molecule has 0 fully saturated rings. The third kappa shape index (κ3) is 2.20. The second-order valence-corrected chi connectivity index (χ2v) is 4.05. The Kier molecular flexibility index (Phi) is 3.28. The molecule has 1 aromatic rings. The molecule has 0 aliphatic rings. The summed E-state index contributed by atoms with van der Waals surface area (Å²) < 4.78 is 0.717. The fourth-order valence-electron chi connectivity index (χ4n) is 0.974.